The van der Waals surface area contributed by atoms with Crippen LogP contribution in [-0.4, -0.2) is 43.0 Å². The van der Waals surface area contributed by atoms with Crippen LogP contribution < -0.4 is 15.4 Å². The SMILES string of the molecule is CCOC1COCC1NC(=O)Nc1ccccc1OCc1ccccn1. The predicted octanol–water partition coefficient (Wildman–Crippen LogP) is 2.59. The Kier molecular flexibility index (Phi) is 6.40. The summed E-state index contributed by atoms with van der Waals surface area (Å²) in [5, 5.41) is 5.73. The number of aromatic nitrogens is 1. The summed E-state index contributed by atoms with van der Waals surface area (Å²) in [5.74, 6) is 0.581. The molecule has 3 rings (SSSR count). The van der Waals surface area contributed by atoms with Crippen LogP contribution in [0, 0.1) is 0 Å². The zero-order valence-corrected chi connectivity index (χ0v) is 14.7. The molecule has 2 N–H and O–H groups in total. The van der Waals surface area contributed by atoms with Crippen LogP contribution in [-0.2, 0) is 16.1 Å². The first-order chi connectivity index (χ1) is 12.8. The van der Waals surface area contributed by atoms with Gasteiger partial charge >= 0.3 is 6.03 Å². The molecule has 1 aromatic carbocycles. The van der Waals surface area contributed by atoms with Crippen molar-refractivity contribution in [2.45, 2.75) is 25.7 Å². The highest BCUT2D eigenvalue weighted by atomic mass is 16.5. The molecule has 2 unspecified atom stereocenters. The molecule has 7 heteroatoms. The average molecular weight is 357 g/mol. The van der Waals surface area contributed by atoms with Crippen LogP contribution >= 0.6 is 0 Å². The van der Waals surface area contributed by atoms with Gasteiger partial charge in [0, 0.05) is 12.8 Å². The van der Waals surface area contributed by atoms with Crippen molar-refractivity contribution in [3.05, 3.63) is 54.4 Å². The van der Waals surface area contributed by atoms with Crippen molar-refractivity contribution in [2.75, 3.05) is 25.1 Å². The lowest BCUT2D eigenvalue weighted by molar-refractivity contribution is 0.0428. The predicted molar refractivity (Wildman–Crippen MR) is 97.2 cm³/mol. The summed E-state index contributed by atoms with van der Waals surface area (Å²) in [5.41, 5.74) is 1.40. The van der Waals surface area contributed by atoms with Gasteiger partial charge in [0.15, 0.2) is 0 Å². The van der Waals surface area contributed by atoms with E-state index in [0.29, 0.717) is 37.9 Å². The minimum Gasteiger partial charge on any atom is -0.485 e. The van der Waals surface area contributed by atoms with Gasteiger partial charge in [0.1, 0.15) is 18.5 Å². The molecule has 1 aromatic heterocycles. The minimum absolute atomic E-state index is 0.124. The topological polar surface area (TPSA) is 81.7 Å². The summed E-state index contributed by atoms with van der Waals surface area (Å²) in [6.07, 6.45) is 1.59. The van der Waals surface area contributed by atoms with E-state index in [2.05, 4.69) is 15.6 Å². The fourth-order valence-electron chi connectivity index (χ4n) is 2.71. The number of hydrogen-bond donors (Lipinski definition) is 2. The third-order valence-electron chi connectivity index (χ3n) is 3.96. The maximum absolute atomic E-state index is 12.3. The Morgan fingerprint density at radius 2 is 2.08 bits per heavy atom. The monoisotopic (exact) mass is 357 g/mol. The Labute approximate surface area is 152 Å². The Morgan fingerprint density at radius 3 is 2.88 bits per heavy atom. The highest BCUT2D eigenvalue weighted by molar-refractivity contribution is 5.91. The van der Waals surface area contributed by atoms with E-state index in [4.69, 9.17) is 14.2 Å². The van der Waals surface area contributed by atoms with Crippen LogP contribution in [0.25, 0.3) is 0 Å². The molecule has 2 amide bonds. The third kappa shape index (κ3) is 4.93. The Balaban J connectivity index is 1.58. The second-order valence-corrected chi connectivity index (χ2v) is 5.84. The number of benzene rings is 1. The molecule has 1 fully saturated rings. The number of carbonyl (C=O) groups excluding carboxylic acids is 1. The summed E-state index contributed by atoms with van der Waals surface area (Å²) in [6, 6.07) is 12.4. The summed E-state index contributed by atoms with van der Waals surface area (Å²) < 4.78 is 16.8. The van der Waals surface area contributed by atoms with Crippen molar-refractivity contribution in [1.29, 1.82) is 0 Å². The number of urea groups is 1. The molecule has 0 saturated carbocycles. The van der Waals surface area contributed by atoms with Gasteiger partial charge in [-0.25, -0.2) is 4.79 Å². The van der Waals surface area contributed by atoms with Gasteiger partial charge in [-0.05, 0) is 31.2 Å². The Bertz CT molecular complexity index is 711. The molecular formula is C19H23N3O4. The number of hydrogen-bond acceptors (Lipinski definition) is 5. The Morgan fingerprint density at radius 1 is 1.23 bits per heavy atom. The number of amides is 2. The largest absolute Gasteiger partial charge is 0.485 e. The summed E-state index contributed by atoms with van der Waals surface area (Å²) >= 11 is 0. The summed E-state index contributed by atoms with van der Waals surface area (Å²) in [4.78, 5) is 16.6. The van der Waals surface area contributed by atoms with Gasteiger partial charge in [-0.1, -0.05) is 18.2 Å². The number of nitrogens with zero attached hydrogens (tertiary/aromatic N) is 1. The van der Waals surface area contributed by atoms with E-state index < -0.39 is 0 Å². The van der Waals surface area contributed by atoms with Crippen molar-refractivity contribution in [2.24, 2.45) is 0 Å². The van der Waals surface area contributed by atoms with Gasteiger partial charge < -0.3 is 24.8 Å². The molecule has 2 aromatic rings. The van der Waals surface area contributed by atoms with Gasteiger partial charge in [0.2, 0.25) is 0 Å². The average Bonchev–Trinajstić information content (AvgIpc) is 3.09. The molecule has 0 radical (unpaired) electrons. The van der Waals surface area contributed by atoms with E-state index in [9.17, 15) is 4.79 Å². The fourth-order valence-corrected chi connectivity index (χ4v) is 2.71. The lowest BCUT2D eigenvalue weighted by Gasteiger charge is -2.19. The molecule has 26 heavy (non-hydrogen) atoms. The van der Waals surface area contributed by atoms with Gasteiger partial charge in [0.25, 0.3) is 0 Å². The van der Waals surface area contributed by atoms with E-state index >= 15 is 0 Å². The third-order valence-corrected chi connectivity index (χ3v) is 3.96. The molecule has 0 bridgehead atoms. The molecule has 1 saturated heterocycles. The number of rotatable bonds is 7. The second kappa shape index (κ2) is 9.17. The number of para-hydroxylation sites is 2. The molecule has 7 nitrogen and oxygen atoms in total. The van der Waals surface area contributed by atoms with Crippen LogP contribution in [0.15, 0.2) is 48.7 Å². The fraction of sp³-hybridized carbons (Fsp3) is 0.368. The number of anilines is 1. The normalized spacial score (nSPS) is 19.1. The molecule has 1 aliphatic rings. The lowest BCUT2D eigenvalue weighted by atomic mass is 10.2. The highest BCUT2D eigenvalue weighted by Crippen LogP contribution is 2.24. The summed E-state index contributed by atoms with van der Waals surface area (Å²) in [6.45, 7) is 3.76. The van der Waals surface area contributed by atoms with Gasteiger partial charge in [0.05, 0.1) is 30.6 Å². The van der Waals surface area contributed by atoms with Crippen molar-refractivity contribution in [1.82, 2.24) is 10.3 Å². The first-order valence-corrected chi connectivity index (χ1v) is 8.65. The zero-order chi connectivity index (χ0) is 18.2. The van der Waals surface area contributed by atoms with E-state index in [1.165, 1.54) is 0 Å². The highest BCUT2D eigenvalue weighted by Gasteiger charge is 2.30. The molecule has 1 aliphatic heterocycles. The van der Waals surface area contributed by atoms with Crippen molar-refractivity contribution in [3.8, 4) is 5.75 Å². The van der Waals surface area contributed by atoms with E-state index in [1.54, 1.807) is 18.3 Å². The van der Waals surface area contributed by atoms with Gasteiger partial charge in [-0.15, -0.1) is 0 Å². The number of nitrogens with one attached hydrogen (secondary N) is 2. The number of pyridine rings is 1. The first-order valence-electron chi connectivity index (χ1n) is 8.65. The smallest absolute Gasteiger partial charge is 0.319 e. The van der Waals surface area contributed by atoms with Crippen molar-refractivity contribution >= 4 is 11.7 Å². The standard InChI is InChI=1S/C19H23N3O4/c1-2-25-18-13-24-12-16(18)22-19(23)21-15-8-3-4-9-17(15)26-11-14-7-5-6-10-20-14/h3-10,16,18H,2,11-13H2,1H3,(H2,21,22,23). The van der Waals surface area contributed by atoms with E-state index in [-0.39, 0.29) is 18.2 Å². The van der Waals surface area contributed by atoms with Crippen LogP contribution in [0.3, 0.4) is 0 Å². The molecule has 2 atom stereocenters. The molecular weight excluding hydrogens is 334 g/mol. The lowest BCUT2D eigenvalue weighted by Crippen LogP contribution is -2.45. The molecule has 0 spiro atoms. The van der Waals surface area contributed by atoms with Crippen LogP contribution in [0.4, 0.5) is 10.5 Å². The van der Waals surface area contributed by atoms with Crippen molar-refractivity contribution < 1.29 is 19.0 Å². The molecule has 138 valence electrons. The second-order valence-electron chi connectivity index (χ2n) is 5.84. The number of carbonyl (C=O) groups is 1. The first kappa shape index (κ1) is 18.2. The summed E-state index contributed by atoms with van der Waals surface area (Å²) in [7, 11) is 0. The van der Waals surface area contributed by atoms with E-state index in [1.807, 2.05) is 37.3 Å². The number of ether oxygens (including phenoxy) is 3. The van der Waals surface area contributed by atoms with Crippen molar-refractivity contribution in [3.63, 3.8) is 0 Å². The minimum atomic E-state index is -0.320. The molecule has 2 heterocycles. The van der Waals surface area contributed by atoms with Crippen LogP contribution in [0.1, 0.15) is 12.6 Å². The van der Waals surface area contributed by atoms with Gasteiger partial charge in [-0.3, -0.25) is 4.98 Å². The quantitative estimate of drug-likeness (QED) is 0.796. The van der Waals surface area contributed by atoms with Gasteiger partial charge in [-0.2, -0.15) is 0 Å². The maximum atomic E-state index is 12.3. The van der Waals surface area contributed by atoms with E-state index in [0.717, 1.165) is 5.69 Å². The Hall–Kier alpha value is -2.64. The zero-order valence-electron chi connectivity index (χ0n) is 14.7. The van der Waals surface area contributed by atoms with Crippen LogP contribution in [0.5, 0.6) is 5.75 Å². The maximum Gasteiger partial charge on any atom is 0.319 e. The molecule has 0 aliphatic carbocycles. The van der Waals surface area contributed by atoms with Crippen LogP contribution in [0.2, 0.25) is 0 Å².